The summed E-state index contributed by atoms with van der Waals surface area (Å²) in [6, 6.07) is 0. The molecule has 0 fully saturated rings. The first kappa shape index (κ1) is 20.4. The number of hydrogen-bond donors (Lipinski definition) is 2. The van der Waals surface area contributed by atoms with Crippen LogP contribution in [-0.4, -0.2) is 11.8 Å². The Morgan fingerprint density at radius 3 is 1.14 bits per heavy atom. The molecule has 4 N–H and O–H groups in total. The van der Waals surface area contributed by atoms with E-state index in [2.05, 4.69) is 0 Å². The predicted octanol–water partition coefficient (Wildman–Crippen LogP) is 3.75. The third-order valence-electron chi connectivity index (χ3n) is 4.37. The number of unbranched alkanes of at least 4 members (excludes halogenated alkanes) is 5. The van der Waals surface area contributed by atoms with Gasteiger partial charge in [0, 0.05) is 11.1 Å². The topological polar surface area (TPSA) is 86.2 Å². The van der Waals surface area contributed by atoms with E-state index in [4.69, 9.17) is 11.5 Å². The van der Waals surface area contributed by atoms with Crippen molar-refractivity contribution in [3.8, 4) is 0 Å². The molecule has 0 aliphatic rings. The van der Waals surface area contributed by atoms with Crippen LogP contribution in [0.2, 0.25) is 0 Å². The summed E-state index contributed by atoms with van der Waals surface area (Å²) in [5.41, 5.74) is 14.1. The first-order valence-electron chi connectivity index (χ1n) is 8.19. The molecule has 22 heavy (non-hydrogen) atoms. The number of carbonyl (C=O) groups is 2. The lowest BCUT2D eigenvalue weighted by Gasteiger charge is -2.06. The van der Waals surface area contributed by atoms with E-state index in [1.165, 1.54) is 25.7 Å². The van der Waals surface area contributed by atoms with Gasteiger partial charge in [0.2, 0.25) is 11.8 Å². The van der Waals surface area contributed by atoms with Crippen LogP contribution in [-0.2, 0) is 9.59 Å². The van der Waals surface area contributed by atoms with Crippen molar-refractivity contribution in [2.24, 2.45) is 11.5 Å². The molecule has 2 amide bonds. The summed E-state index contributed by atoms with van der Waals surface area (Å²) in [5.74, 6) is -0.626. The van der Waals surface area contributed by atoms with Crippen LogP contribution in [0.15, 0.2) is 22.3 Å². The zero-order valence-electron chi connectivity index (χ0n) is 14.6. The molecule has 0 bridgehead atoms. The minimum atomic E-state index is -0.313. The van der Waals surface area contributed by atoms with Gasteiger partial charge in [-0.3, -0.25) is 9.59 Å². The Labute approximate surface area is 135 Å². The third-order valence-corrected chi connectivity index (χ3v) is 4.37. The predicted molar refractivity (Wildman–Crippen MR) is 92.1 cm³/mol. The maximum absolute atomic E-state index is 11.0. The maximum Gasteiger partial charge on any atom is 0.244 e. The average molecular weight is 308 g/mol. The highest BCUT2D eigenvalue weighted by molar-refractivity contribution is 5.92. The largest absolute Gasteiger partial charge is 0.366 e. The number of primary amides is 2. The highest BCUT2D eigenvalue weighted by Crippen LogP contribution is 2.16. The second-order valence-corrected chi connectivity index (χ2v) is 6.16. The molecule has 0 radical (unpaired) electrons. The molecule has 4 heteroatoms. The van der Waals surface area contributed by atoms with Gasteiger partial charge in [0.25, 0.3) is 0 Å². The summed E-state index contributed by atoms with van der Waals surface area (Å²) < 4.78 is 0. The van der Waals surface area contributed by atoms with Gasteiger partial charge < -0.3 is 11.5 Å². The Bertz CT molecular complexity index is 406. The Hall–Kier alpha value is -1.58. The van der Waals surface area contributed by atoms with Crippen molar-refractivity contribution in [2.75, 3.05) is 0 Å². The van der Waals surface area contributed by atoms with Crippen LogP contribution >= 0.6 is 0 Å². The van der Waals surface area contributed by atoms with E-state index in [-0.39, 0.29) is 11.8 Å². The average Bonchev–Trinajstić information content (AvgIpc) is 2.47. The molecule has 4 nitrogen and oxygen atoms in total. The normalized spacial score (nSPS) is 13.5. The molecular weight excluding hydrogens is 276 g/mol. The second kappa shape index (κ2) is 11.0. The number of rotatable bonds is 11. The van der Waals surface area contributed by atoms with Crippen LogP contribution < -0.4 is 11.5 Å². The van der Waals surface area contributed by atoms with E-state index >= 15 is 0 Å². The lowest BCUT2D eigenvalue weighted by molar-refractivity contribution is -0.115. The second-order valence-electron chi connectivity index (χ2n) is 6.16. The van der Waals surface area contributed by atoms with Gasteiger partial charge in [0.15, 0.2) is 0 Å². The summed E-state index contributed by atoms with van der Waals surface area (Å²) in [7, 11) is 0. The molecule has 0 unspecified atom stereocenters. The Morgan fingerprint density at radius 2 is 0.864 bits per heavy atom. The van der Waals surface area contributed by atoms with Gasteiger partial charge in [-0.05, 0) is 53.4 Å². The van der Waals surface area contributed by atoms with Crippen LogP contribution in [0.25, 0.3) is 0 Å². The molecule has 0 saturated heterocycles. The number of allylic oxidation sites excluding steroid dienone is 2. The van der Waals surface area contributed by atoms with Crippen LogP contribution in [0.1, 0.15) is 79.1 Å². The zero-order chi connectivity index (χ0) is 17.1. The molecule has 0 aromatic carbocycles. The van der Waals surface area contributed by atoms with Gasteiger partial charge >= 0.3 is 0 Å². The molecule has 0 aliphatic carbocycles. The zero-order valence-corrected chi connectivity index (χ0v) is 14.6. The maximum atomic E-state index is 11.0. The minimum Gasteiger partial charge on any atom is -0.366 e. The lowest BCUT2D eigenvalue weighted by atomic mass is 10.0. The van der Waals surface area contributed by atoms with Crippen LogP contribution in [0.5, 0.6) is 0 Å². The van der Waals surface area contributed by atoms with Gasteiger partial charge in [0.1, 0.15) is 0 Å². The molecule has 0 spiro atoms. The monoisotopic (exact) mass is 308 g/mol. The van der Waals surface area contributed by atoms with Crippen molar-refractivity contribution in [1.29, 1.82) is 0 Å². The number of nitrogens with two attached hydrogens (primary N) is 2. The summed E-state index contributed by atoms with van der Waals surface area (Å²) in [6.45, 7) is 7.55. The number of carbonyl (C=O) groups excluding carboxylic acids is 2. The van der Waals surface area contributed by atoms with Crippen molar-refractivity contribution in [3.63, 3.8) is 0 Å². The van der Waals surface area contributed by atoms with Gasteiger partial charge in [0.05, 0.1) is 0 Å². The standard InChI is InChI=1S/C18H32N2O2/c1-13(15(3)17(19)21)11-9-7-5-6-8-10-12-14(2)16(4)18(20)22/h5-12H2,1-4H3,(H2,19,21)(H2,20,22)/b15-13-,16-14+. The highest BCUT2D eigenvalue weighted by Gasteiger charge is 2.04. The molecule has 0 aliphatic heterocycles. The Kier molecular flexibility index (Phi) is 10.3. The molecule has 0 aromatic rings. The Balaban J connectivity index is 3.72. The summed E-state index contributed by atoms with van der Waals surface area (Å²) >= 11 is 0. The first-order chi connectivity index (χ1) is 10.3. The van der Waals surface area contributed by atoms with E-state index < -0.39 is 0 Å². The van der Waals surface area contributed by atoms with E-state index in [0.717, 1.165) is 36.8 Å². The van der Waals surface area contributed by atoms with E-state index in [9.17, 15) is 9.59 Å². The number of hydrogen-bond acceptors (Lipinski definition) is 2. The number of amides is 2. The molecule has 0 atom stereocenters. The molecule has 0 rings (SSSR count). The van der Waals surface area contributed by atoms with E-state index in [1.807, 2.05) is 13.8 Å². The SMILES string of the molecule is C/C(CCCCCCCC/C(C)=C(\C)C(N)=O)=C(\C)C(N)=O. The third kappa shape index (κ3) is 8.65. The Morgan fingerprint density at radius 1 is 0.591 bits per heavy atom. The van der Waals surface area contributed by atoms with E-state index in [1.54, 1.807) is 13.8 Å². The fourth-order valence-corrected chi connectivity index (χ4v) is 2.28. The van der Waals surface area contributed by atoms with Crippen LogP contribution in [0, 0.1) is 0 Å². The molecule has 126 valence electrons. The van der Waals surface area contributed by atoms with Crippen molar-refractivity contribution in [1.82, 2.24) is 0 Å². The van der Waals surface area contributed by atoms with Gasteiger partial charge in [-0.2, -0.15) is 0 Å². The van der Waals surface area contributed by atoms with Crippen molar-refractivity contribution >= 4 is 11.8 Å². The van der Waals surface area contributed by atoms with E-state index in [0.29, 0.717) is 11.1 Å². The quantitative estimate of drug-likeness (QED) is 0.450. The highest BCUT2D eigenvalue weighted by atomic mass is 16.1. The summed E-state index contributed by atoms with van der Waals surface area (Å²) in [6.07, 6.45) is 8.90. The molecular formula is C18H32N2O2. The van der Waals surface area contributed by atoms with Crippen molar-refractivity contribution < 1.29 is 9.59 Å². The van der Waals surface area contributed by atoms with Crippen molar-refractivity contribution in [3.05, 3.63) is 22.3 Å². The smallest absolute Gasteiger partial charge is 0.244 e. The summed E-state index contributed by atoms with van der Waals surface area (Å²) in [4.78, 5) is 22.0. The molecule has 0 saturated carbocycles. The van der Waals surface area contributed by atoms with Gasteiger partial charge in [-0.15, -0.1) is 0 Å². The first-order valence-corrected chi connectivity index (χ1v) is 8.19. The van der Waals surface area contributed by atoms with Gasteiger partial charge in [-0.25, -0.2) is 0 Å². The minimum absolute atomic E-state index is 0.313. The fraction of sp³-hybridized carbons (Fsp3) is 0.667. The molecule has 0 heterocycles. The lowest BCUT2D eigenvalue weighted by Crippen LogP contribution is -2.13. The molecule has 0 aromatic heterocycles. The van der Waals surface area contributed by atoms with Crippen molar-refractivity contribution in [2.45, 2.75) is 79.1 Å². The fourth-order valence-electron chi connectivity index (χ4n) is 2.28. The van der Waals surface area contributed by atoms with Gasteiger partial charge in [-0.1, -0.05) is 36.8 Å². The van der Waals surface area contributed by atoms with Crippen LogP contribution in [0.4, 0.5) is 0 Å². The summed E-state index contributed by atoms with van der Waals surface area (Å²) in [5, 5.41) is 0. The van der Waals surface area contributed by atoms with Crippen LogP contribution in [0.3, 0.4) is 0 Å².